The molecule has 0 bridgehead atoms. The van der Waals surface area contributed by atoms with Gasteiger partial charge in [0.15, 0.2) is 0 Å². The molecule has 0 aromatic carbocycles. The molecule has 0 radical (unpaired) electrons. The van der Waals surface area contributed by atoms with Gasteiger partial charge in [-0.3, -0.25) is 9.69 Å². The summed E-state index contributed by atoms with van der Waals surface area (Å²) in [6.07, 6.45) is 3.34. The predicted molar refractivity (Wildman–Crippen MR) is 98.0 cm³/mol. The third-order valence-electron chi connectivity index (χ3n) is 4.86. The summed E-state index contributed by atoms with van der Waals surface area (Å²) in [5.41, 5.74) is 2.16. The second-order valence-corrected chi connectivity index (χ2v) is 6.41. The molecule has 8 heteroatoms. The van der Waals surface area contributed by atoms with E-state index in [-0.39, 0.29) is 36.8 Å². The van der Waals surface area contributed by atoms with E-state index in [0.717, 1.165) is 63.6 Å². The Labute approximate surface area is 156 Å². The largest absolute Gasteiger partial charge is 0.361 e. The molecular formula is C16H28Cl2N4O2. The molecular weight excluding hydrogens is 351 g/mol. The average Bonchev–Trinajstić information content (AvgIpc) is 2.88. The molecule has 1 aromatic heterocycles. The molecule has 2 fully saturated rings. The number of aryl methyl sites for hydroxylation is 2. The third-order valence-corrected chi connectivity index (χ3v) is 4.86. The van der Waals surface area contributed by atoms with Crippen molar-refractivity contribution in [1.29, 1.82) is 0 Å². The van der Waals surface area contributed by atoms with Crippen molar-refractivity contribution in [2.24, 2.45) is 0 Å². The van der Waals surface area contributed by atoms with Crippen molar-refractivity contribution in [3.63, 3.8) is 0 Å². The number of halogens is 2. The minimum atomic E-state index is 0. The molecule has 2 saturated heterocycles. The Kier molecular flexibility index (Phi) is 8.50. The Morgan fingerprint density at radius 1 is 1.21 bits per heavy atom. The highest BCUT2D eigenvalue weighted by Crippen LogP contribution is 2.17. The molecule has 1 amide bonds. The van der Waals surface area contributed by atoms with Crippen LogP contribution < -0.4 is 5.32 Å². The molecule has 2 aliphatic rings. The van der Waals surface area contributed by atoms with Crippen molar-refractivity contribution in [2.75, 3.05) is 32.7 Å². The zero-order valence-corrected chi connectivity index (χ0v) is 16.0. The van der Waals surface area contributed by atoms with Gasteiger partial charge in [-0.1, -0.05) is 11.6 Å². The highest BCUT2D eigenvalue weighted by atomic mass is 35.5. The van der Waals surface area contributed by atoms with Crippen LogP contribution in [0, 0.1) is 13.8 Å². The van der Waals surface area contributed by atoms with E-state index < -0.39 is 0 Å². The second kappa shape index (κ2) is 9.61. The smallest absolute Gasteiger partial charge is 0.239 e. The van der Waals surface area contributed by atoms with Crippen LogP contribution in [-0.2, 0) is 11.3 Å². The Bertz CT molecular complexity index is 505. The van der Waals surface area contributed by atoms with E-state index in [1.54, 1.807) is 0 Å². The van der Waals surface area contributed by atoms with Crippen LogP contribution in [0.25, 0.3) is 0 Å². The van der Waals surface area contributed by atoms with Crippen molar-refractivity contribution in [3.8, 4) is 0 Å². The number of piperazine rings is 1. The highest BCUT2D eigenvalue weighted by molar-refractivity contribution is 5.85. The maximum atomic E-state index is 12.5. The number of aromatic nitrogens is 1. The zero-order chi connectivity index (χ0) is 15.5. The van der Waals surface area contributed by atoms with Crippen LogP contribution in [-0.4, -0.2) is 59.6 Å². The summed E-state index contributed by atoms with van der Waals surface area (Å²) < 4.78 is 5.23. The summed E-state index contributed by atoms with van der Waals surface area (Å²) in [6.45, 7) is 9.27. The van der Waals surface area contributed by atoms with Gasteiger partial charge in [-0.25, -0.2) is 0 Å². The second-order valence-electron chi connectivity index (χ2n) is 6.41. The molecule has 138 valence electrons. The van der Waals surface area contributed by atoms with E-state index in [4.69, 9.17) is 4.52 Å². The number of hydrogen-bond donors (Lipinski definition) is 1. The summed E-state index contributed by atoms with van der Waals surface area (Å²) in [7, 11) is 0. The number of carbonyl (C=O) groups excluding carboxylic acids is 1. The number of nitrogens with one attached hydrogen (secondary N) is 1. The minimum Gasteiger partial charge on any atom is -0.361 e. The molecule has 2 aliphatic heterocycles. The fraction of sp³-hybridized carbons (Fsp3) is 0.750. The summed E-state index contributed by atoms with van der Waals surface area (Å²) in [5, 5.41) is 7.36. The van der Waals surface area contributed by atoms with Crippen molar-refractivity contribution in [2.45, 2.75) is 45.7 Å². The quantitative estimate of drug-likeness (QED) is 0.870. The summed E-state index contributed by atoms with van der Waals surface area (Å²) >= 11 is 0. The molecule has 24 heavy (non-hydrogen) atoms. The van der Waals surface area contributed by atoms with E-state index in [2.05, 4.69) is 15.4 Å². The number of amides is 1. The standard InChI is InChI=1S/C16H26N4O2.2ClH/c1-12-14(13(2)22-18-12)11-19-7-9-20(10-8-19)16(21)15-5-3-4-6-17-15;;/h15,17H,3-11H2,1-2H3;2*1H/t15-;;/m1../s1. The van der Waals surface area contributed by atoms with Crippen molar-refractivity contribution in [3.05, 3.63) is 17.0 Å². The van der Waals surface area contributed by atoms with E-state index >= 15 is 0 Å². The molecule has 0 unspecified atom stereocenters. The van der Waals surface area contributed by atoms with Crippen LogP contribution in [0.4, 0.5) is 0 Å². The van der Waals surface area contributed by atoms with E-state index in [1.165, 1.54) is 12.0 Å². The van der Waals surface area contributed by atoms with Gasteiger partial charge in [-0.15, -0.1) is 24.8 Å². The number of carbonyl (C=O) groups is 1. The average molecular weight is 379 g/mol. The van der Waals surface area contributed by atoms with Crippen molar-refractivity contribution >= 4 is 30.7 Å². The van der Waals surface area contributed by atoms with Crippen LogP contribution in [0.3, 0.4) is 0 Å². The van der Waals surface area contributed by atoms with Gasteiger partial charge in [-0.2, -0.15) is 0 Å². The lowest BCUT2D eigenvalue weighted by Gasteiger charge is -2.37. The van der Waals surface area contributed by atoms with Crippen molar-refractivity contribution in [1.82, 2.24) is 20.3 Å². The Morgan fingerprint density at radius 2 is 1.92 bits per heavy atom. The zero-order valence-electron chi connectivity index (χ0n) is 14.4. The first kappa shape index (κ1) is 21.2. The van der Waals surface area contributed by atoms with Crippen LogP contribution in [0.1, 0.15) is 36.3 Å². The van der Waals surface area contributed by atoms with E-state index in [0.29, 0.717) is 0 Å². The summed E-state index contributed by atoms with van der Waals surface area (Å²) in [5.74, 6) is 1.19. The van der Waals surface area contributed by atoms with Gasteiger partial charge in [0, 0.05) is 38.3 Å². The molecule has 1 atom stereocenters. The maximum Gasteiger partial charge on any atom is 0.239 e. The molecule has 3 rings (SSSR count). The van der Waals surface area contributed by atoms with Crippen LogP contribution in [0.5, 0.6) is 0 Å². The Balaban J connectivity index is 0.00000144. The van der Waals surface area contributed by atoms with E-state index in [1.807, 2.05) is 18.7 Å². The minimum absolute atomic E-state index is 0. The number of nitrogens with zero attached hydrogens (tertiary/aromatic N) is 3. The topological polar surface area (TPSA) is 61.6 Å². The molecule has 0 saturated carbocycles. The Hall–Kier alpha value is -0.820. The van der Waals surface area contributed by atoms with Crippen LogP contribution in [0.15, 0.2) is 4.52 Å². The highest BCUT2D eigenvalue weighted by Gasteiger charge is 2.28. The van der Waals surface area contributed by atoms with E-state index in [9.17, 15) is 4.79 Å². The Morgan fingerprint density at radius 3 is 2.46 bits per heavy atom. The van der Waals surface area contributed by atoms with Gasteiger partial charge in [0.1, 0.15) is 5.76 Å². The fourth-order valence-corrected chi connectivity index (χ4v) is 3.36. The molecule has 1 aromatic rings. The van der Waals surface area contributed by atoms with Gasteiger partial charge >= 0.3 is 0 Å². The van der Waals surface area contributed by atoms with Crippen LogP contribution >= 0.6 is 24.8 Å². The first-order valence-electron chi connectivity index (χ1n) is 8.31. The molecule has 0 spiro atoms. The van der Waals surface area contributed by atoms with Gasteiger partial charge in [-0.05, 0) is 33.2 Å². The molecule has 3 heterocycles. The number of piperidine rings is 1. The SMILES string of the molecule is Cc1noc(C)c1CN1CCN(C(=O)[C@H]2CCCCN2)CC1.Cl.Cl. The number of rotatable bonds is 3. The molecule has 0 aliphatic carbocycles. The third kappa shape index (κ3) is 4.85. The predicted octanol–water partition coefficient (Wildman–Crippen LogP) is 1.92. The summed E-state index contributed by atoms with van der Waals surface area (Å²) in [6, 6.07) is 0.0443. The normalized spacial score (nSPS) is 21.8. The lowest BCUT2D eigenvalue weighted by molar-refractivity contribution is -0.135. The molecule has 6 nitrogen and oxygen atoms in total. The molecule has 1 N–H and O–H groups in total. The first-order chi connectivity index (χ1) is 10.6. The maximum absolute atomic E-state index is 12.5. The van der Waals surface area contributed by atoms with Gasteiger partial charge in [0.05, 0.1) is 11.7 Å². The monoisotopic (exact) mass is 378 g/mol. The van der Waals surface area contributed by atoms with Crippen LogP contribution in [0.2, 0.25) is 0 Å². The lowest BCUT2D eigenvalue weighted by Crippen LogP contribution is -2.54. The lowest BCUT2D eigenvalue weighted by atomic mass is 10.0. The van der Waals surface area contributed by atoms with Gasteiger partial charge in [0.25, 0.3) is 0 Å². The van der Waals surface area contributed by atoms with Gasteiger partial charge in [0.2, 0.25) is 5.91 Å². The van der Waals surface area contributed by atoms with Gasteiger partial charge < -0.3 is 14.7 Å². The van der Waals surface area contributed by atoms with Crippen molar-refractivity contribution < 1.29 is 9.32 Å². The summed E-state index contributed by atoms with van der Waals surface area (Å²) in [4.78, 5) is 16.9. The fourth-order valence-electron chi connectivity index (χ4n) is 3.36. The number of hydrogen-bond acceptors (Lipinski definition) is 5. The first-order valence-corrected chi connectivity index (χ1v) is 8.31.